The average molecular weight is 356 g/mol. The topological polar surface area (TPSA) is 9.23 Å². The molecule has 0 heterocycles. The van der Waals surface area contributed by atoms with Gasteiger partial charge in [-0.1, -0.05) is 43.3 Å². The normalized spacial score (nSPS) is 10.8. The molecular formula is C22H19F3O. The van der Waals surface area contributed by atoms with Crippen molar-refractivity contribution in [3.63, 3.8) is 0 Å². The quantitative estimate of drug-likeness (QED) is 0.514. The van der Waals surface area contributed by atoms with E-state index in [0.29, 0.717) is 16.7 Å². The number of aryl methyl sites for hydroxylation is 1. The van der Waals surface area contributed by atoms with E-state index in [1.54, 1.807) is 37.3 Å². The Morgan fingerprint density at radius 3 is 1.92 bits per heavy atom. The van der Waals surface area contributed by atoms with Gasteiger partial charge in [-0.15, -0.1) is 0 Å². The maximum Gasteiger partial charge on any atom is 0.201 e. The SMILES string of the molecule is CCOc1ccc(-c2ccc(-c3ccc(CC)cc3F)cc2)c(F)c1F. The molecule has 0 saturated heterocycles. The Morgan fingerprint density at radius 2 is 1.35 bits per heavy atom. The van der Waals surface area contributed by atoms with Crippen LogP contribution in [0.4, 0.5) is 13.2 Å². The molecule has 0 aliphatic carbocycles. The van der Waals surface area contributed by atoms with Crippen molar-refractivity contribution < 1.29 is 17.9 Å². The minimum atomic E-state index is -1.00. The summed E-state index contributed by atoms with van der Waals surface area (Å²) in [4.78, 5) is 0. The van der Waals surface area contributed by atoms with Crippen LogP contribution in [0.25, 0.3) is 22.3 Å². The zero-order chi connectivity index (χ0) is 18.7. The molecule has 0 aliphatic heterocycles. The summed E-state index contributed by atoms with van der Waals surface area (Å²) >= 11 is 0. The van der Waals surface area contributed by atoms with Gasteiger partial charge in [-0.25, -0.2) is 8.78 Å². The van der Waals surface area contributed by atoms with Gasteiger partial charge < -0.3 is 4.74 Å². The van der Waals surface area contributed by atoms with Crippen molar-refractivity contribution in [3.8, 4) is 28.0 Å². The molecule has 3 rings (SSSR count). The van der Waals surface area contributed by atoms with Crippen LogP contribution >= 0.6 is 0 Å². The van der Waals surface area contributed by atoms with Gasteiger partial charge in [-0.3, -0.25) is 0 Å². The lowest BCUT2D eigenvalue weighted by Gasteiger charge is -2.10. The molecule has 4 heteroatoms. The molecule has 3 aromatic carbocycles. The maximum atomic E-state index is 14.3. The van der Waals surface area contributed by atoms with Crippen molar-refractivity contribution in [1.29, 1.82) is 0 Å². The average Bonchev–Trinajstić information content (AvgIpc) is 2.66. The van der Waals surface area contributed by atoms with Crippen LogP contribution in [0.3, 0.4) is 0 Å². The molecule has 0 unspecified atom stereocenters. The van der Waals surface area contributed by atoms with Crippen molar-refractivity contribution in [1.82, 2.24) is 0 Å². The highest BCUT2D eigenvalue weighted by Crippen LogP contribution is 2.32. The second-order valence-corrected chi connectivity index (χ2v) is 5.92. The first kappa shape index (κ1) is 18.1. The van der Waals surface area contributed by atoms with E-state index in [2.05, 4.69) is 0 Å². The van der Waals surface area contributed by atoms with Crippen molar-refractivity contribution in [2.24, 2.45) is 0 Å². The number of rotatable bonds is 5. The van der Waals surface area contributed by atoms with Gasteiger partial charge in [-0.2, -0.15) is 4.39 Å². The zero-order valence-electron chi connectivity index (χ0n) is 14.7. The van der Waals surface area contributed by atoms with Gasteiger partial charge in [0.1, 0.15) is 5.82 Å². The molecule has 0 atom stereocenters. The molecule has 0 N–H and O–H groups in total. The molecule has 0 aliphatic rings. The van der Waals surface area contributed by atoms with Crippen LogP contribution in [0.1, 0.15) is 19.4 Å². The Balaban J connectivity index is 1.94. The Kier molecular flexibility index (Phi) is 5.31. The van der Waals surface area contributed by atoms with Crippen molar-refractivity contribution in [2.75, 3.05) is 6.61 Å². The fraction of sp³-hybridized carbons (Fsp3) is 0.182. The van der Waals surface area contributed by atoms with Gasteiger partial charge in [0.15, 0.2) is 11.6 Å². The summed E-state index contributed by atoms with van der Waals surface area (Å²) in [6.45, 7) is 3.93. The van der Waals surface area contributed by atoms with E-state index in [9.17, 15) is 13.2 Å². The molecule has 1 nitrogen and oxygen atoms in total. The van der Waals surface area contributed by atoms with E-state index in [-0.39, 0.29) is 23.7 Å². The molecule has 0 radical (unpaired) electrons. The van der Waals surface area contributed by atoms with E-state index in [1.165, 1.54) is 18.2 Å². The lowest BCUT2D eigenvalue weighted by Crippen LogP contribution is -1.98. The molecule has 0 bridgehead atoms. The van der Waals surface area contributed by atoms with Gasteiger partial charge in [0.25, 0.3) is 0 Å². The summed E-state index contributed by atoms with van der Waals surface area (Å²) in [6, 6.07) is 14.7. The van der Waals surface area contributed by atoms with Crippen LogP contribution in [-0.4, -0.2) is 6.61 Å². The van der Waals surface area contributed by atoms with E-state index >= 15 is 0 Å². The minimum absolute atomic E-state index is 0.108. The van der Waals surface area contributed by atoms with Gasteiger partial charge in [-0.05, 0) is 48.2 Å². The van der Waals surface area contributed by atoms with Crippen molar-refractivity contribution in [3.05, 3.63) is 77.6 Å². The largest absolute Gasteiger partial charge is 0.491 e. The molecule has 0 fully saturated rings. The summed E-state index contributed by atoms with van der Waals surface area (Å²) in [5.41, 5.74) is 2.74. The third kappa shape index (κ3) is 3.45. The predicted molar refractivity (Wildman–Crippen MR) is 97.7 cm³/mol. The van der Waals surface area contributed by atoms with E-state index in [0.717, 1.165) is 12.0 Å². The van der Waals surface area contributed by atoms with E-state index in [4.69, 9.17) is 4.74 Å². The highest BCUT2D eigenvalue weighted by molar-refractivity contribution is 5.71. The first-order valence-electron chi connectivity index (χ1n) is 8.55. The number of hydrogen-bond donors (Lipinski definition) is 0. The molecule has 134 valence electrons. The van der Waals surface area contributed by atoms with Crippen LogP contribution in [0.2, 0.25) is 0 Å². The Bertz CT molecular complexity index is 917. The second-order valence-electron chi connectivity index (χ2n) is 5.92. The lowest BCUT2D eigenvalue weighted by molar-refractivity contribution is 0.314. The van der Waals surface area contributed by atoms with Gasteiger partial charge in [0.05, 0.1) is 6.61 Å². The van der Waals surface area contributed by atoms with Crippen LogP contribution in [0.5, 0.6) is 5.75 Å². The maximum absolute atomic E-state index is 14.3. The van der Waals surface area contributed by atoms with Crippen LogP contribution in [0, 0.1) is 17.5 Å². The number of benzene rings is 3. The van der Waals surface area contributed by atoms with Crippen LogP contribution < -0.4 is 4.74 Å². The number of halogens is 3. The van der Waals surface area contributed by atoms with Crippen LogP contribution in [0.15, 0.2) is 54.6 Å². The molecule has 0 spiro atoms. The highest BCUT2D eigenvalue weighted by atomic mass is 19.2. The second kappa shape index (κ2) is 7.65. The molecule has 26 heavy (non-hydrogen) atoms. The zero-order valence-corrected chi connectivity index (χ0v) is 14.7. The molecular weight excluding hydrogens is 337 g/mol. The monoisotopic (exact) mass is 356 g/mol. The molecule has 3 aromatic rings. The predicted octanol–water partition coefficient (Wildman–Crippen LogP) is 6.40. The van der Waals surface area contributed by atoms with Crippen molar-refractivity contribution >= 4 is 0 Å². The molecule has 0 amide bonds. The van der Waals surface area contributed by atoms with Crippen LogP contribution in [-0.2, 0) is 6.42 Å². The molecule has 0 aromatic heterocycles. The summed E-state index contributed by atoms with van der Waals surface area (Å²) in [7, 11) is 0. The van der Waals surface area contributed by atoms with Gasteiger partial charge in [0.2, 0.25) is 5.82 Å². The molecule has 0 saturated carbocycles. The smallest absolute Gasteiger partial charge is 0.201 e. The van der Waals surface area contributed by atoms with Gasteiger partial charge >= 0.3 is 0 Å². The Labute approximate surface area is 151 Å². The van der Waals surface area contributed by atoms with Gasteiger partial charge in [0, 0.05) is 11.1 Å². The standard InChI is InChI=1S/C22H19F3O/c1-3-14-5-10-17(19(23)13-14)15-6-8-16(9-7-15)18-11-12-20(26-4-2)22(25)21(18)24/h5-13H,3-4H2,1-2H3. The highest BCUT2D eigenvalue weighted by Gasteiger charge is 2.16. The third-order valence-corrected chi connectivity index (χ3v) is 4.30. The van der Waals surface area contributed by atoms with E-state index in [1.807, 2.05) is 13.0 Å². The summed E-state index contributed by atoms with van der Waals surface area (Å²) in [6.07, 6.45) is 0.763. The minimum Gasteiger partial charge on any atom is -0.491 e. The summed E-state index contributed by atoms with van der Waals surface area (Å²) in [5.74, 6) is -2.37. The summed E-state index contributed by atoms with van der Waals surface area (Å²) in [5, 5.41) is 0. The summed E-state index contributed by atoms with van der Waals surface area (Å²) < 4.78 is 47.7. The fourth-order valence-corrected chi connectivity index (χ4v) is 2.86. The lowest BCUT2D eigenvalue weighted by atomic mass is 9.98. The Morgan fingerprint density at radius 1 is 0.731 bits per heavy atom. The van der Waals surface area contributed by atoms with Crippen molar-refractivity contribution in [2.45, 2.75) is 20.3 Å². The number of hydrogen-bond acceptors (Lipinski definition) is 1. The number of ether oxygens (including phenoxy) is 1. The first-order chi connectivity index (χ1) is 12.5. The Hall–Kier alpha value is -2.75. The third-order valence-electron chi connectivity index (χ3n) is 4.30. The van der Waals surface area contributed by atoms with E-state index < -0.39 is 11.6 Å². The first-order valence-corrected chi connectivity index (χ1v) is 8.55. The fourth-order valence-electron chi connectivity index (χ4n) is 2.86.